The largest absolute Gasteiger partial charge is 0.466 e. The molecule has 28 heavy (non-hydrogen) atoms. The van der Waals surface area contributed by atoms with Crippen LogP contribution < -0.4 is 5.32 Å². The van der Waals surface area contributed by atoms with E-state index in [0.717, 1.165) is 11.8 Å². The van der Waals surface area contributed by atoms with Gasteiger partial charge >= 0.3 is 12.1 Å². The average Bonchev–Trinajstić information content (AvgIpc) is 3.01. The standard InChI is InChI=1S/C19H15ClF3NO3S/c1-8-14(9(2)25)15(12-7-28-13-5-4-10(20)6-11(12)13)16(18(26)27-3)17(24-8)19(21,22)23/h4-7,15,24H,1-3H3. The first-order valence-electron chi connectivity index (χ1n) is 8.11. The number of carbonyl (C=O) groups is 2. The first-order valence-corrected chi connectivity index (χ1v) is 9.37. The number of benzene rings is 1. The molecule has 0 amide bonds. The summed E-state index contributed by atoms with van der Waals surface area (Å²) in [6.07, 6.45) is -4.84. The maximum absolute atomic E-state index is 13.7. The van der Waals surface area contributed by atoms with E-state index in [-0.39, 0.29) is 11.3 Å². The summed E-state index contributed by atoms with van der Waals surface area (Å²) < 4.78 is 46.6. The van der Waals surface area contributed by atoms with Crippen LogP contribution in [0.25, 0.3) is 10.1 Å². The molecule has 0 saturated heterocycles. The van der Waals surface area contributed by atoms with E-state index >= 15 is 0 Å². The summed E-state index contributed by atoms with van der Waals surface area (Å²) in [6, 6.07) is 5.01. The fourth-order valence-corrected chi connectivity index (χ4v) is 4.54. The molecular formula is C19H15ClF3NO3S. The van der Waals surface area contributed by atoms with Gasteiger partial charge in [-0.05, 0) is 48.4 Å². The molecule has 1 atom stereocenters. The number of fused-ring (bicyclic) bond motifs is 1. The fourth-order valence-electron chi connectivity index (χ4n) is 3.40. The molecule has 0 spiro atoms. The highest BCUT2D eigenvalue weighted by atomic mass is 35.5. The number of methoxy groups -OCH3 is 1. The summed E-state index contributed by atoms with van der Waals surface area (Å²) in [7, 11) is 1.00. The Labute approximate surface area is 167 Å². The van der Waals surface area contributed by atoms with Gasteiger partial charge in [-0.2, -0.15) is 13.2 Å². The third-order valence-electron chi connectivity index (χ3n) is 4.51. The van der Waals surface area contributed by atoms with Crippen molar-refractivity contribution in [1.82, 2.24) is 5.32 Å². The highest BCUT2D eigenvalue weighted by Crippen LogP contribution is 2.46. The summed E-state index contributed by atoms with van der Waals surface area (Å²) in [4.78, 5) is 24.8. The Morgan fingerprint density at radius 3 is 2.50 bits per heavy atom. The van der Waals surface area contributed by atoms with Crippen LogP contribution in [0.4, 0.5) is 13.2 Å². The molecule has 1 aliphatic rings. The predicted molar refractivity (Wildman–Crippen MR) is 101 cm³/mol. The Balaban J connectivity index is 2.39. The molecule has 0 bridgehead atoms. The normalized spacial score (nSPS) is 17.8. The number of thiophene rings is 1. The van der Waals surface area contributed by atoms with Crippen LogP contribution in [0.3, 0.4) is 0 Å². The maximum atomic E-state index is 13.7. The van der Waals surface area contributed by atoms with Gasteiger partial charge in [0, 0.05) is 26.9 Å². The van der Waals surface area contributed by atoms with Crippen LogP contribution in [0.15, 0.2) is 46.1 Å². The topological polar surface area (TPSA) is 55.4 Å². The van der Waals surface area contributed by atoms with E-state index < -0.39 is 35.1 Å². The molecule has 0 radical (unpaired) electrons. The summed E-state index contributed by atoms with van der Waals surface area (Å²) in [5.74, 6) is -2.83. The average molecular weight is 430 g/mol. The fraction of sp³-hybridized carbons (Fsp3) is 0.263. The molecule has 1 aromatic carbocycles. The number of ether oxygens (including phenoxy) is 1. The van der Waals surface area contributed by atoms with Gasteiger partial charge in [-0.3, -0.25) is 4.79 Å². The van der Waals surface area contributed by atoms with Crippen molar-refractivity contribution in [2.24, 2.45) is 0 Å². The monoisotopic (exact) mass is 429 g/mol. The molecule has 1 aromatic heterocycles. The molecule has 0 fully saturated rings. The third kappa shape index (κ3) is 3.42. The molecule has 3 rings (SSSR count). The zero-order chi connectivity index (χ0) is 20.8. The number of esters is 1. The van der Waals surface area contributed by atoms with Gasteiger partial charge in [0.05, 0.1) is 12.7 Å². The molecule has 1 aliphatic heterocycles. The van der Waals surface area contributed by atoms with Crippen molar-refractivity contribution in [2.45, 2.75) is 25.9 Å². The minimum Gasteiger partial charge on any atom is -0.466 e. The number of halogens is 4. The number of allylic oxidation sites excluding steroid dienone is 3. The number of alkyl halides is 3. The Bertz CT molecular complexity index is 1050. The van der Waals surface area contributed by atoms with Gasteiger partial charge in [0.15, 0.2) is 5.78 Å². The van der Waals surface area contributed by atoms with Gasteiger partial charge in [-0.15, -0.1) is 11.3 Å². The SMILES string of the molecule is COC(=O)C1=C(C(F)(F)F)NC(C)=C(C(C)=O)C1c1csc2ccc(Cl)cc12. The molecule has 1 unspecified atom stereocenters. The van der Waals surface area contributed by atoms with Crippen molar-refractivity contribution in [3.8, 4) is 0 Å². The highest BCUT2D eigenvalue weighted by molar-refractivity contribution is 7.17. The van der Waals surface area contributed by atoms with E-state index in [9.17, 15) is 22.8 Å². The minimum absolute atomic E-state index is 0.0406. The van der Waals surface area contributed by atoms with Crippen LogP contribution in [0.1, 0.15) is 25.3 Å². The highest BCUT2D eigenvalue weighted by Gasteiger charge is 2.46. The van der Waals surface area contributed by atoms with Crippen LogP contribution in [-0.4, -0.2) is 25.0 Å². The first kappa shape index (κ1) is 20.4. The van der Waals surface area contributed by atoms with Crippen molar-refractivity contribution in [3.63, 3.8) is 0 Å². The lowest BCUT2D eigenvalue weighted by Gasteiger charge is -2.31. The first-order chi connectivity index (χ1) is 13.1. The second-order valence-corrected chi connectivity index (χ2v) is 7.61. The number of carbonyl (C=O) groups excluding carboxylic acids is 2. The minimum atomic E-state index is -4.84. The smallest absolute Gasteiger partial charge is 0.431 e. The maximum Gasteiger partial charge on any atom is 0.431 e. The Morgan fingerprint density at radius 2 is 1.93 bits per heavy atom. The van der Waals surface area contributed by atoms with Crippen LogP contribution in [-0.2, 0) is 14.3 Å². The number of ketones is 1. The second-order valence-electron chi connectivity index (χ2n) is 6.26. The number of rotatable bonds is 3. The number of nitrogens with one attached hydrogen (secondary N) is 1. The molecule has 0 aliphatic carbocycles. The van der Waals surface area contributed by atoms with Crippen LogP contribution >= 0.6 is 22.9 Å². The van der Waals surface area contributed by atoms with Crippen LogP contribution in [0.5, 0.6) is 0 Å². The number of Topliss-reactive ketones (excluding diaryl/α,β-unsaturated/α-hetero) is 1. The van der Waals surface area contributed by atoms with Gasteiger partial charge in [-0.25, -0.2) is 4.79 Å². The summed E-state index contributed by atoms with van der Waals surface area (Å²) in [5.41, 5.74) is -1.36. The van der Waals surface area contributed by atoms with Crippen molar-refractivity contribution < 1.29 is 27.5 Å². The third-order valence-corrected chi connectivity index (χ3v) is 5.72. The van der Waals surface area contributed by atoms with Crippen molar-refractivity contribution in [1.29, 1.82) is 0 Å². The van der Waals surface area contributed by atoms with Crippen LogP contribution in [0.2, 0.25) is 5.02 Å². The molecule has 148 valence electrons. The van der Waals surface area contributed by atoms with E-state index in [4.69, 9.17) is 11.6 Å². The van der Waals surface area contributed by atoms with Crippen molar-refractivity contribution in [3.05, 3.63) is 56.7 Å². The van der Waals surface area contributed by atoms with Gasteiger partial charge in [0.2, 0.25) is 0 Å². The molecule has 9 heteroatoms. The Hall–Kier alpha value is -2.32. The molecule has 2 heterocycles. The molecule has 0 saturated carbocycles. The number of hydrogen-bond donors (Lipinski definition) is 1. The van der Waals surface area contributed by atoms with Gasteiger partial charge in [0.1, 0.15) is 5.70 Å². The summed E-state index contributed by atoms with van der Waals surface area (Å²) >= 11 is 7.36. The lowest BCUT2D eigenvalue weighted by atomic mass is 9.78. The van der Waals surface area contributed by atoms with E-state index in [1.807, 2.05) is 0 Å². The van der Waals surface area contributed by atoms with E-state index in [2.05, 4.69) is 10.1 Å². The zero-order valence-electron chi connectivity index (χ0n) is 15.0. The van der Waals surface area contributed by atoms with E-state index in [0.29, 0.717) is 16.0 Å². The molecule has 1 N–H and O–H groups in total. The number of dihydropyridines is 1. The lowest BCUT2D eigenvalue weighted by molar-refractivity contribution is -0.138. The lowest BCUT2D eigenvalue weighted by Crippen LogP contribution is -2.37. The second kappa shape index (κ2) is 7.25. The van der Waals surface area contributed by atoms with E-state index in [1.54, 1.807) is 23.6 Å². The van der Waals surface area contributed by atoms with Gasteiger partial charge in [-0.1, -0.05) is 11.6 Å². The predicted octanol–water partition coefficient (Wildman–Crippen LogP) is 5.09. The Morgan fingerprint density at radius 1 is 1.25 bits per heavy atom. The van der Waals surface area contributed by atoms with Gasteiger partial charge in [0.25, 0.3) is 0 Å². The summed E-state index contributed by atoms with van der Waals surface area (Å²) in [6.45, 7) is 2.63. The van der Waals surface area contributed by atoms with Crippen LogP contribution in [0, 0.1) is 0 Å². The molecular weight excluding hydrogens is 415 g/mol. The summed E-state index contributed by atoms with van der Waals surface area (Å²) in [5, 5.41) is 4.81. The zero-order valence-corrected chi connectivity index (χ0v) is 16.6. The molecule has 4 nitrogen and oxygen atoms in total. The van der Waals surface area contributed by atoms with Crippen molar-refractivity contribution >= 4 is 44.8 Å². The number of hydrogen-bond acceptors (Lipinski definition) is 5. The van der Waals surface area contributed by atoms with Crippen molar-refractivity contribution in [2.75, 3.05) is 7.11 Å². The quantitative estimate of drug-likeness (QED) is 0.690. The molecule has 2 aromatic rings. The van der Waals surface area contributed by atoms with E-state index in [1.165, 1.54) is 25.2 Å². The Kier molecular flexibility index (Phi) is 5.29. The van der Waals surface area contributed by atoms with Gasteiger partial charge < -0.3 is 10.1 Å².